The molecule has 3 rings (SSSR count). The summed E-state index contributed by atoms with van der Waals surface area (Å²) in [6.07, 6.45) is -9.04. The first-order valence-electron chi connectivity index (χ1n) is 8.52. The lowest BCUT2D eigenvalue weighted by Crippen LogP contribution is -2.32. The van der Waals surface area contributed by atoms with Crippen LogP contribution in [-0.4, -0.2) is 29.0 Å². The molecule has 2 aromatic rings. The number of benzene rings is 1. The number of amides is 2. The number of fused-ring (bicyclic) bond motifs is 1. The molecule has 29 heavy (non-hydrogen) atoms. The zero-order valence-corrected chi connectivity index (χ0v) is 14.8. The molecule has 0 aliphatic carbocycles. The van der Waals surface area contributed by atoms with Gasteiger partial charge in [0, 0.05) is 24.2 Å². The van der Waals surface area contributed by atoms with E-state index in [1.54, 1.807) is 0 Å². The smallest absolute Gasteiger partial charge is 0.376 e. The fraction of sp³-hybridized carbons (Fsp3) is 0.412. The largest absolute Gasteiger partial charge is 0.435 e. The number of carbonyl (C=O) groups excluding carboxylic acids is 1. The summed E-state index contributed by atoms with van der Waals surface area (Å²) in [5.74, 6) is 0. The third kappa shape index (κ3) is 4.81. The first-order chi connectivity index (χ1) is 13.6. The number of anilines is 1. The van der Waals surface area contributed by atoms with Crippen molar-refractivity contribution in [2.45, 2.75) is 31.9 Å². The fourth-order valence-corrected chi connectivity index (χ4v) is 3.00. The highest BCUT2D eigenvalue weighted by Gasteiger charge is 2.39. The first-order valence-corrected chi connectivity index (χ1v) is 8.52. The highest BCUT2D eigenvalue weighted by atomic mass is 19.4. The van der Waals surface area contributed by atoms with Crippen molar-refractivity contribution in [3.8, 4) is 0 Å². The Balaban J connectivity index is 1.64. The highest BCUT2D eigenvalue weighted by molar-refractivity contribution is 5.90. The van der Waals surface area contributed by atoms with Crippen LogP contribution in [0.2, 0.25) is 0 Å². The Morgan fingerprint density at radius 1 is 1.14 bits per heavy atom. The Morgan fingerprint density at radius 3 is 2.55 bits per heavy atom. The SMILES string of the molecule is O=C(NCCn1nc(C(F)(F)F)c2c1CCOC2)Nc1ccccc1C(F)(F)F. The summed E-state index contributed by atoms with van der Waals surface area (Å²) in [4.78, 5) is 11.9. The minimum atomic E-state index is -4.64. The average Bonchev–Trinajstić information content (AvgIpc) is 3.01. The lowest BCUT2D eigenvalue weighted by atomic mass is 10.1. The van der Waals surface area contributed by atoms with E-state index in [0.717, 1.165) is 16.8 Å². The molecule has 1 aliphatic heterocycles. The predicted octanol–water partition coefficient (Wildman–Crippen LogP) is 3.82. The molecule has 0 fully saturated rings. The number of ether oxygens (including phenoxy) is 1. The van der Waals surface area contributed by atoms with E-state index >= 15 is 0 Å². The van der Waals surface area contributed by atoms with Gasteiger partial charge in [0.15, 0.2) is 5.69 Å². The van der Waals surface area contributed by atoms with E-state index in [1.165, 1.54) is 12.1 Å². The Bertz CT molecular complexity index is 891. The molecule has 0 saturated carbocycles. The van der Waals surface area contributed by atoms with E-state index in [-0.39, 0.29) is 38.3 Å². The monoisotopic (exact) mass is 422 g/mol. The standard InChI is InChI=1S/C17H16F6N4O2/c18-16(19,20)11-3-1-2-4-12(11)25-15(28)24-6-7-27-13-5-8-29-9-10(13)14(26-27)17(21,22)23/h1-4H,5-9H2,(H2,24,25,28). The van der Waals surface area contributed by atoms with Gasteiger partial charge in [0.05, 0.1) is 31.0 Å². The summed E-state index contributed by atoms with van der Waals surface area (Å²) in [5, 5.41) is 8.00. The molecule has 6 nitrogen and oxygen atoms in total. The van der Waals surface area contributed by atoms with Crippen molar-refractivity contribution in [1.29, 1.82) is 0 Å². The highest BCUT2D eigenvalue weighted by Crippen LogP contribution is 2.35. The Morgan fingerprint density at radius 2 is 1.86 bits per heavy atom. The van der Waals surface area contributed by atoms with Gasteiger partial charge in [0.25, 0.3) is 0 Å². The van der Waals surface area contributed by atoms with Gasteiger partial charge in [-0.15, -0.1) is 0 Å². The third-order valence-electron chi connectivity index (χ3n) is 4.25. The number of alkyl halides is 6. The normalized spacial score (nSPS) is 14.4. The van der Waals surface area contributed by atoms with Crippen molar-refractivity contribution in [2.75, 3.05) is 18.5 Å². The van der Waals surface area contributed by atoms with Crippen LogP contribution in [0.5, 0.6) is 0 Å². The number of carbonyl (C=O) groups is 1. The summed E-state index contributed by atoms with van der Waals surface area (Å²) in [7, 11) is 0. The van der Waals surface area contributed by atoms with Crippen molar-refractivity contribution in [3.63, 3.8) is 0 Å². The zero-order valence-electron chi connectivity index (χ0n) is 14.8. The minimum Gasteiger partial charge on any atom is -0.376 e. The van der Waals surface area contributed by atoms with E-state index in [1.807, 2.05) is 0 Å². The second kappa shape index (κ2) is 7.93. The summed E-state index contributed by atoms with van der Waals surface area (Å²) >= 11 is 0. The number of urea groups is 1. The molecule has 1 aromatic heterocycles. The number of hydrogen-bond donors (Lipinski definition) is 2. The fourth-order valence-electron chi connectivity index (χ4n) is 3.00. The van der Waals surface area contributed by atoms with Gasteiger partial charge in [-0.3, -0.25) is 4.68 Å². The number of aromatic nitrogens is 2. The van der Waals surface area contributed by atoms with Crippen LogP contribution in [-0.2, 0) is 36.7 Å². The lowest BCUT2D eigenvalue weighted by Gasteiger charge is -2.16. The Labute approximate surface area is 160 Å². The van der Waals surface area contributed by atoms with Crippen LogP contribution in [0.15, 0.2) is 24.3 Å². The maximum Gasteiger partial charge on any atom is 0.435 e. The van der Waals surface area contributed by atoms with Crippen LogP contribution in [0, 0.1) is 0 Å². The quantitative estimate of drug-likeness (QED) is 0.737. The molecule has 2 amide bonds. The van der Waals surface area contributed by atoms with Gasteiger partial charge in [-0.2, -0.15) is 31.4 Å². The molecular weight excluding hydrogens is 406 g/mol. The molecule has 158 valence electrons. The number of para-hydroxylation sites is 1. The third-order valence-corrected chi connectivity index (χ3v) is 4.25. The molecular formula is C17H16F6N4O2. The molecule has 0 unspecified atom stereocenters. The van der Waals surface area contributed by atoms with Crippen LogP contribution in [0.4, 0.5) is 36.8 Å². The van der Waals surface area contributed by atoms with E-state index in [9.17, 15) is 31.1 Å². The van der Waals surface area contributed by atoms with E-state index in [2.05, 4.69) is 15.7 Å². The molecule has 0 saturated heterocycles. The van der Waals surface area contributed by atoms with Gasteiger partial charge in [-0.1, -0.05) is 12.1 Å². The van der Waals surface area contributed by atoms with Crippen LogP contribution < -0.4 is 10.6 Å². The number of rotatable bonds is 4. The molecule has 2 heterocycles. The maximum absolute atomic E-state index is 13.1. The lowest BCUT2D eigenvalue weighted by molar-refractivity contribution is -0.143. The maximum atomic E-state index is 13.1. The van der Waals surface area contributed by atoms with Crippen molar-refractivity contribution in [3.05, 3.63) is 46.8 Å². The average molecular weight is 422 g/mol. The van der Waals surface area contributed by atoms with Gasteiger partial charge < -0.3 is 15.4 Å². The number of nitrogens with zero attached hydrogens (tertiary/aromatic N) is 2. The number of nitrogens with one attached hydrogen (secondary N) is 2. The van der Waals surface area contributed by atoms with E-state index in [0.29, 0.717) is 5.69 Å². The van der Waals surface area contributed by atoms with E-state index < -0.39 is 35.3 Å². The molecule has 0 atom stereocenters. The second-order valence-electron chi connectivity index (χ2n) is 6.22. The summed E-state index contributed by atoms with van der Waals surface area (Å²) in [6.45, 7) is -0.163. The van der Waals surface area contributed by atoms with Gasteiger partial charge in [0.2, 0.25) is 0 Å². The molecule has 1 aliphatic rings. The second-order valence-corrected chi connectivity index (χ2v) is 6.22. The molecule has 0 bridgehead atoms. The molecule has 0 radical (unpaired) electrons. The van der Waals surface area contributed by atoms with Crippen LogP contribution in [0.25, 0.3) is 0 Å². The Hall–Kier alpha value is -2.76. The Kier molecular flexibility index (Phi) is 5.73. The summed E-state index contributed by atoms with van der Waals surface area (Å²) < 4.78 is 84.4. The van der Waals surface area contributed by atoms with Crippen LogP contribution >= 0.6 is 0 Å². The van der Waals surface area contributed by atoms with Gasteiger partial charge >= 0.3 is 18.4 Å². The predicted molar refractivity (Wildman–Crippen MR) is 89.1 cm³/mol. The van der Waals surface area contributed by atoms with Gasteiger partial charge in [-0.25, -0.2) is 4.79 Å². The van der Waals surface area contributed by atoms with Crippen molar-refractivity contribution in [1.82, 2.24) is 15.1 Å². The first kappa shape index (κ1) is 21.0. The van der Waals surface area contributed by atoms with Crippen molar-refractivity contribution in [2.24, 2.45) is 0 Å². The molecule has 0 spiro atoms. The van der Waals surface area contributed by atoms with Crippen LogP contribution in [0.1, 0.15) is 22.5 Å². The van der Waals surface area contributed by atoms with Gasteiger partial charge in [0.1, 0.15) is 0 Å². The topological polar surface area (TPSA) is 68.2 Å². The van der Waals surface area contributed by atoms with Gasteiger partial charge in [-0.05, 0) is 12.1 Å². The number of hydrogen-bond acceptors (Lipinski definition) is 3. The molecule has 12 heteroatoms. The van der Waals surface area contributed by atoms with Crippen molar-refractivity contribution < 1.29 is 35.9 Å². The summed E-state index contributed by atoms with van der Waals surface area (Å²) in [6, 6.07) is 3.53. The summed E-state index contributed by atoms with van der Waals surface area (Å²) in [5.41, 5.74) is -2.13. The zero-order chi connectivity index (χ0) is 21.2. The molecule has 1 aromatic carbocycles. The van der Waals surface area contributed by atoms with Crippen molar-refractivity contribution >= 4 is 11.7 Å². The molecule has 2 N–H and O–H groups in total. The minimum absolute atomic E-state index is 0.0349. The van der Waals surface area contributed by atoms with E-state index in [4.69, 9.17) is 4.74 Å². The van der Waals surface area contributed by atoms with Crippen LogP contribution in [0.3, 0.4) is 0 Å². The number of halogens is 6.